The number of benzene rings is 2. The molecule has 0 N–H and O–H groups in total. The largest absolute Gasteiger partial charge is 0.497 e. The molecule has 0 aliphatic heterocycles. The van der Waals surface area contributed by atoms with E-state index in [0.29, 0.717) is 12.0 Å². The predicted octanol–water partition coefficient (Wildman–Crippen LogP) is 3.75. The average Bonchev–Trinajstić information content (AvgIpc) is 2.47. The molecule has 0 radical (unpaired) electrons. The Morgan fingerprint density at radius 2 is 1.67 bits per heavy atom. The van der Waals surface area contributed by atoms with E-state index in [4.69, 9.17) is 9.47 Å². The first kappa shape index (κ1) is 15.1. The molecule has 2 aromatic rings. The second-order valence-electron chi connectivity index (χ2n) is 5.09. The van der Waals surface area contributed by atoms with Gasteiger partial charge in [-0.3, -0.25) is 4.79 Å². The van der Waals surface area contributed by atoms with Gasteiger partial charge in [0.15, 0.2) is 5.78 Å². The summed E-state index contributed by atoms with van der Waals surface area (Å²) in [4.78, 5) is 12.4. The van der Waals surface area contributed by atoms with Crippen molar-refractivity contribution in [1.29, 1.82) is 0 Å². The van der Waals surface area contributed by atoms with E-state index in [1.807, 2.05) is 50.2 Å². The molecule has 2 rings (SSSR count). The third kappa shape index (κ3) is 3.43. The Hall–Kier alpha value is -2.29. The van der Waals surface area contributed by atoms with Crippen LogP contribution in [0.1, 0.15) is 27.0 Å². The van der Waals surface area contributed by atoms with Gasteiger partial charge < -0.3 is 9.47 Å². The molecule has 0 bridgehead atoms. The topological polar surface area (TPSA) is 35.5 Å². The maximum atomic E-state index is 12.4. The van der Waals surface area contributed by atoms with Crippen LogP contribution in [0.4, 0.5) is 0 Å². The maximum absolute atomic E-state index is 12.4. The molecule has 0 atom stereocenters. The fourth-order valence-corrected chi connectivity index (χ4v) is 2.50. The zero-order valence-electron chi connectivity index (χ0n) is 12.9. The lowest BCUT2D eigenvalue weighted by Gasteiger charge is -2.11. The summed E-state index contributed by atoms with van der Waals surface area (Å²) in [5.41, 5.74) is 3.62. The molecule has 110 valence electrons. The van der Waals surface area contributed by atoms with Crippen LogP contribution in [-0.2, 0) is 6.42 Å². The normalized spacial score (nSPS) is 10.3. The van der Waals surface area contributed by atoms with Gasteiger partial charge in [-0.15, -0.1) is 0 Å². The Labute approximate surface area is 125 Å². The lowest BCUT2D eigenvalue weighted by molar-refractivity contribution is 0.0992. The lowest BCUT2D eigenvalue weighted by atomic mass is 9.98. The summed E-state index contributed by atoms with van der Waals surface area (Å²) in [5, 5.41) is 0. The van der Waals surface area contributed by atoms with Gasteiger partial charge in [-0.2, -0.15) is 0 Å². The average molecular weight is 284 g/mol. The molecule has 0 aromatic heterocycles. The Balaban J connectivity index is 2.24. The molecule has 21 heavy (non-hydrogen) atoms. The van der Waals surface area contributed by atoms with E-state index >= 15 is 0 Å². The molecule has 0 aliphatic rings. The van der Waals surface area contributed by atoms with Crippen LogP contribution in [0.3, 0.4) is 0 Å². The highest BCUT2D eigenvalue weighted by molar-refractivity contribution is 5.98. The number of carbonyl (C=O) groups excluding carboxylic acids is 1. The minimum Gasteiger partial charge on any atom is -0.497 e. The Morgan fingerprint density at radius 1 is 1.00 bits per heavy atom. The van der Waals surface area contributed by atoms with Crippen LogP contribution < -0.4 is 9.47 Å². The summed E-state index contributed by atoms with van der Waals surface area (Å²) in [6.07, 6.45) is 0.364. The first-order valence-corrected chi connectivity index (χ1v) is 6.86. The van der Waals surface area contributed by atoms with Crippen molar-refractivity contribution in [3.8, 4) is 11.5 Å². The predicted molar refractivity (Wildman–Crippen MR) is 83.5 cm³/mol. The van der Waals surface area contributed by atoms with Crippen LogP contribution >= 0.6 is 0 Å². The fraction of sp³-hybridized carbons (Fsp3) is 0.278. The second kappa shape index (κ2) is 6.44. The van der Waals surface area contributed by atoms with Crippen molar-refractivity contribution < 1.29 is 14.3 Å². The SMILES string of the molecule is COc1cccc(CC(=O)c2cc(C)c(OC)c(C)c2)c1. The van der Waals surface area contributed by atoms with Gasteiger partial charge in [0.2, 0.25) is 0 Å². The number of ketones is 1. The molecule has 3 heteroatoms. The molecular weight excluding hydrogens is 264 g/mol. The smallest absolute Gasteiger partial charge is 0.167 e. The number of rotatable bonds is 5. The lowest BCUT2D eigenvalue weighted by Crippen LogP contribution is -2.05. The Morgan fingerprint density at radius 3 is 2.24 bits per heavy atom. The van der Waals surface area contributed by atoms with Crippen molar-refractivity contribution in [3.63, 3.8) is 0 Å². The summed E-state index contributed by atoms with van der Waals surface area (Å²) in [6, 6.07) is 11.4. The van der Waals surface area contributed by atoms with Crippen LogP contribution in [0.5, 0.6) is 11.5 Å². The molecule has 0 fully saturated rings. The summed E-state index contributed by atoms with van der Waals surface area (Å²) in [7, 11) is 3.27. The van der Waals surface area contributed by atoms with Gasteiger partial charge in [0.05, 0.1) is 14.2 Å². The molecule has 0 aliphatic carbocycles. The number of aryl methyl sites for hydroxylation is 2. The van der Waals surface area contributed by atoms with E-state index in [1.54, 1.807) is 14.2 Å². The van der Waals surface area contributed by atoms with Crippen LogP contribution in [0.15, 0.2) is 36.4 Å². The Kier molecular flexibility index (Phi) is 4.63. The first-order chi connectivity index (χ1) is 10.0. The van der Waals surface area contributed by atoms with Gasteiger partial charge in [-0.25, -0.2) is 0 Å². The third-order valence-electron chi connectivity index (χ3n) is 3.49. The minimum atomic E-state index is 0.0945. The van der Waals surface area contributed by atoms with Crippen LogP contribution in [0, 0.1) is 13.8 Å². The van der Waals surface area contributed by atoms with Crippen LogP contribution in [0.2, 0.25) is 0 Å². The molecule has 0 unspecified atom stereocenters. The Bertz CT molecular complexity index is 636. The van der Waals surface area contributed by atoms with Gasteiger partial charge in [0, 0.05) is 12.0 Å². The number of carbonyl (C=O) groups is 1. The number of hydrogen-bond donors (Lipinski definition) is 0. The molecule has 0 amide bonds. The van der Waals surface area contributed by atoms with Crippen molar-refractivity contribution in [1.82, 2.24) is 0 Å². The van der Waals surface area contributed by atoms with Crippen molar-refractivity contribution in [2.24, 2.45) is 0 Å². The molecule has 0 saturated carbocycles. The second-order valence-corrected chi connectivity index (χ2v) is 5.09. The fourth-order valence-electron chi connectivity index (χ4n) is 2.50. The quantitative estimate of drug-likeness (QED) is 0.784. The van der Waals surface area contributed by atoms with E-state index in [2.05, 4.69) is 0 Å². The van der Waals surface area contributed by atoms with Gasteiger partial charge in [0.25, 0.3) is 0 Å². The van der Waals surface area contributed by atoms with Crippen molar-refractivity contribution in [2.45, 2.75) is 20.3 Å². The van der Waals surface area contributed by atoms with Crippen LogP contribution in [0.25, 0.3) is 0 Å². The number of Topliss-reactive ketones (excluding diaryl/α,β-unsaturated/α-hetero) is 1. The van der Waals surface area contributed by atoms with Crippen molar-refractivity contribution in [2.75, 3.05) is 14.2 Å². The summed E-state index contributed by atoms with van der Waals surface area (Å²) in [5.74, 6) is 1.70. The van der Waals surface area contributed by atoms with Crippen molar-refractivity contribution >= 4 is 5.78 Å². The molecule has 3 nitrogen and oxygen atoms in total. The zero-order valence-corrected chi connectivity index (χ0v) is 12.9. The summed E-state index contributed by atoms with van der Waals surface area (Å²) < 4.78 is 10.5. The number of ether oxygens (including phenoxy) is 2. The van der Waals surface area contributed by atoms with Gasteiger partial charge >= 0.3 is 0 Å². The van der Waals surface area contributed by atoms with Crippen LogP contribution in [-0.4, -0.2) is 20.0 Å². The van der Waals surface area contributed by atoms with E-state index in [-0.39, 0.29) is 5.78 Å². The molecule has 0 saturated heterocycles. The third-order valence-corrected chi connectivity index (χ3v) is 3.49. The van der Waals surface area contributed by atoms with Gasteiger partial charge in [0.1, 0.15) is 11.5 Å². The van der Waals surface area contributed by atoms with E-state index in [9.17, 15) is 4.79 Å². The van der Waals surface area contributed by atoms with E-state index in [0.717, 1.165) is 28.2 Å². The zero-order chi connectivity index (χ0) is 15.4. The molecular formula is C18H20O3. The molecule has 0 spiro atoms. The highest BCUT2D eigenvalue weighted by atomic mass is 16.5. The van der Waals surface area contributed by atoms with E-state index < -0.39 is 0 Å². The molecule has 0 heterocycles. The maximum Gasteiger partial charge on any atom is 0.167 e. The van der Waals surface area contributed by atoms with Gasteiger partial charge in [-0.1, -0.05) is 12.1 Å². The number of methoxy groups -OCH3 is 2. The summed E-state index contributed by atoms with van der Waals surface area (Å²) in [6.45, 7) is 3.91. The summed E-state index contributed by atoms with van der Waals surface area (Å²) >= 11 is 0. The standard InChI is InChI=1S/C18H20O3/c1-12-8-15(9-13(2)18(12)21-4)17(19)11-14-6-5-7-16(10-14)20-3/h5-10H,11H2,1-4H3. The first-order valence-electron chi connectivity index (χ1n) is 6.86. The van der Waals surface area contributed by atoms with Crippen molar-refractivity contribution in [3.05, 3.63) is 58.7 Å². The molecule has 2 aromatic carbocycles. The highest BCUT2D eigenvalue weighted by Crippen LogP contribution is 2.25. The highest BCUT2D eigenvalue weighted by Gasteiger charge is 2.12. The monoisotopic (exact) mass is 284 g/mol. The number of hydrogen-bond acceptors (Lipinski definition) is 3. The van der Waals surface area contributed by atoms with Gasteiger partial charge in [-0.05, 0) is 54.8 Å². The van der Waals surface area contributed by atoms with E-state index in [1.165, 1.54) is 0 Å². The minimum absolute atomic E-state index is 0.0945.